The number of ether oxygens (including phenoxy) is 2. The van der Waals surface area contributed by atoms with E-state index in [1.807, 2.05) is 42.9 Å². The van der Waals surface area contributed by atoms with E-state index in [2.05, 4.69) is 24.5 Å². The molecule has 8 heteroatoms. The summed E-state index contributed by atoms with van der Waals surface area (Å²) in [5, 5.41) is 2.12. The van der Waals surface area contributed by atoms with E-state index in [1.54, 1.807) is 44.1 Å². The van der Waals surface area contributed by atoms with Crippen molar-refractivity contribution in [3.05, 3.63) is 71.6 Å². The van der Waals surface area contributed by atoms with Gasteiger partial charge in [-0.3, -0.25) is 4.98 Å². The van der Waals surface area contributed by atoms with Crippen molar-refractivity contribution in [1.82, 2.24) is 19.1 Å². The summed E-state index contributed by atoms with van der Waals surface area (Å²) in [5.41, 5.74) is 2.90. The minimum Gasteiger partial charge on any atom is -0.497 e. The van der Waals surface area contributed by atoms with Crippen molar-refractivity contribution in [2.24, 2.45) is 4.99 Å². The van der Waals surface area contributed by atoms with Crippen molar-refractivity contribution in [2.45, 2.75) is 19.5 Å². The van der Waals surface area contributed by atoms with Crippen LogP contribution in [0.2, 0.25) is 0 Å². The zero-order valence-corrected chi connectivity index (χ0v) is 17.7. The number of thiazole rings is 1. The Bertz CT molecular complexity index is 1150. The van der Waals surface area contributed by atoms with Gasteiger partial charge in [-0.2, -0.15) is 0 Å². The lowest BCUT2D eigenvalue weighted by atomic mass is 10.1. The highest BCUT2D eigenvalue weighted by molar-refractivity contribution is 7.07. The molecule has 0 unspecified atom stereocenters. The van der Waals surface area contributed by atoms with Crippen molar-refractivity contribution in [3.8, 4) is 22.8 Å². The van der Waals surface area contributed by atoms with Gasteiger partial charge in [0.2, 0.25) is 0 Å². The van der Waals surface area contributed by atoms with Crippen LogP contribution < -0.4 is 14.3 Å². The molecule has 154 valence electrons. The largest absolute Gasteiger partial charge is 0.497 e. The number of imidazole rings is 1. The number of nitrogens with zero attached hydrogens (tertiary/aromatic N) is 5. The van der Waals surface area contributed by atoms with E-state index < -0.39 is 0 Å². The van der Waals surface area contributed by atoms with Crippen LogP contribution in [0.15, 0.2) is 71.8 Å². The Kier molecular flexibility index (Phi) is 6.24. The molecule has 0 saturated carbocycles. The molecule has 0 bridgehead atoms. The average Bonchev–Trinajstić information content (AvgIpc) is 3.44. The summed E-state index contributed by atoms with van der Waals surface area (Å²) in [6, 6.07) is 9.73. The summed E-state index contributed by atoms with van der Waals surface area (Å²) >= 11 is 1.61. The molecule has 3 aromatic heterocycles. The van der Waals surface area contributed by atoms with Crippen LogP contribution in [0.1, 0.15) is 6.42 Å². The van der Waals surface area contributed by atoms with Gasteiger partial charge < -0.3 is 18.6 Å². The maximum Gasteiger partial charge on any atom is 0.190 e. The highest BCUT2D eigenvalue weighted by atomic mass is 32.1. The first-order valence-corrected chi connectivity index (χ1v) is 10.5. The second-order valence-electron chi connectivity index (χ2n) is 6.60. The van der Waals surface area contributed by atoms with Crippen molar-refractivity contribution < 1.29 is 9.47 Å². The fourth-order valence-electron chi connectivity index (χ4n) is 3.22. The maximum absolute atomic E-state index is 5.65. The molecule has 0 radical (unpaired) electrons. The quantitative estimate of drug-likeness (QED) is 0.429. The van der Waals surface area contributed by atoms with E-state index in [1.165, 1.54) is 0 Å². The number of hydrogen-bond acceptors (Lipinski definition) is 6. The SMILES string of the molecule is COc1ccc(-c2csc(=Nc3cccnc3)n2CCCn2ccnc2)c(OC)c1. The Morgan fingerprint density at radius 1 is 1.07 bits per heavy atom. The van der Waals surface area contributed by atoms with Crippen LogP contribution in [0.4, 0.5) is 5.69 Å². The first kappa shape index (κ1) is 19.9. The molecule has 0 fully saturated rings. The van der Waals surface area contributed by atoms with Gasteiger partial charge in [-0.15, -0.1) is 11.3 Å². The van der Waals surface area contributed by atoms with Crippen molar-refractivity contribution in [3.63, 3.8) is 0 Å². The van der Waals surface area contributed by atoms with Gasteiger partial charge >= 0.3 is 0 Å². The Balaban J connectivity index is 1.74. The standard InChI is InChI=1S/C22H23N5O2S/c1-28-18-6-7-19(21(13-18)29-2)20-15-30-22(25-17-5-3-8-23-14-17)27(20)11-4-10-26-12-9-24-16-26/h3,5-9,12-16H,4,10-11H2,1-2H3. The number of benzene rings is 1. The molecule has 0 aliphatic rings. The Hall–Kier alpha value is -3.39. The molecule has 0 saturated heterocycles. The zero-order valence-electron chi connectivity index (χ0n) is 16.9. The molecular weight excluding hydrogens is 398 g/mol. The van der Waals surface area contributed by atoms with E-state index in [4.69, 9.17) is 14.5 Å². The minimum atomic E-state index is 0.762. The Morgan fingerprint density at radius 3 is 2.73 bits per heavy atom. The van der Waals surface area contributed by atoms with E-state index in [9.17, 15) is 0 Å². The Morgan fingerprint density at radius 2 is 2.00 bits per heavy atom. The smallest absolute Gasteiger partial charge is 0.190 e. The number of hydrogen-bond donors (Lipinski definition) is 0. The molecule has 3 heterocycles. The molecule has 0 aliphatic heterocycles. The third kappa shape index (κ3) is 4.44. The van der Waals surface area contributed by atoms with Gasteiger partial charge in [-0.1, -0.05) is 0 Å². The van der Waals surface area contributed by atoms with Gasteiger partial charge in [0.15, 0.2) is 4.80 Å². The molecule has 4 aromatic rings. The van der Waals surface area contributed by atoms with E-state index in [0.717, 1.165) is 52.8 Å². The normalized spacial score (nSPS) is 11.6. The molecule has 0 atom stereocenters. The fourth-order valence-corrected chi connectivity index (χ4v) is 4.17. The molecule has 7 nitrogen and oxygen atoms in total. The number of pyridine rings is 1. The van der Waals surface area contributed by atoms with Gasteiger partial charge in [0.1, 0.15) is 11.5 Å². The second-order valence-corrected chi connectivity index (χ2v) is 7.44. The lowest BCUT2D eigenvalue weighted by Gasteiger charge is -2.13. The van der Waals surface area contributed by atoms with E-state index in [0.29, 0.717) is 0 Å². The monoisotopic (exact) mass is 421 g/mol. The second kappa shape index (κ2) is 9.41. The number of methoxy groups -OCH3 is 2. The van der Waals surface area contributed by atoms with Crippen molar-refractivity contribution >= 4 is 17.0 Å². The molecule has 4 rings (SSSR count). The van der Waals surface area contributed by atoms with Crippen molar-refractivity contribution in [1.29, 1.82) is 0 Å². The van der Waals surface area contributed by atoms with Crippen LogP contribution in [0, 0.1) is 0 Å². The van der Waals surface area contributed by atoms with Gasteiger partial charge in [0.05, 0.1) is 38.1 Å². The summed E-state index contributed by atoms with van der Waals surface area (Å²) in [6.45, 7) is 1.69. The summed E-state index contributed by atoms with van der Waals surface area (Å²) in [4.78, 5) is 14.0. The lowest BCUT2D eigenvalue weighted by Crippen LogP contribution is -2.17. The van der Waals surface area contributed by atoms with Gasteiger partial charge in [0, 0.05) is 48.7 Å². The molecule has 0 spiro atoms. The highest BCUT2D eigenvalue weighted by Gasteiger charge is 2.14. The van der Waals surface area contributed by atoms with Crippen LogP contribution in [0.5, 0.6) is 11.5 Å². The van der Waals surface area contributed by atoms with Crippen LogP contribution in [0.3, 0.4) is 0 Å². The number of aromatic nitrogens is 4. The summed E-state index contributed by atoms with van der Waals surface area (Å²) in [6.07, 6.45) is 10.1. The summed E-state index contributed by atoms with van der Waals surface area (Å²) in [5.74, 6) is 1.53. The van der Waals surface area contributed by atoms with Gasteiger partial charge in [-0.25, -0.2) is 9.98 Å². The summed E-state index contributed by atoms with van der Waals surface area (Å²) in [7, 11) is 3.33. The first-order chi connectivity index (χ1) is 14.8. The first-order valence-electron chi connectivity index (χ1n) is 9.59. The molecule has 0 aliphatic carbocycles. The number of aryl methyl sites for hydroxylation is 1. The van der Waals surface area contributed by atoms with Crippen LogP contribution in [-0.4, -0.2) is 33.3 Å². The van der Waals surface area contributed by atoms with E-state index in [-0.39, 0.29) is 0 Å². The third-order valence-electron chi connectivity index (χ3n) is 4.71. The number of rotatable bonds is 8. The lowest BCUT2D eigenvalue weighted by molar-refractivity contribution is 0.395. The van der Waals surface area contributed by atoms with Gasteiger partial charge in [0.25, 0.3) is 0 Å². The van der Waals surface area contributed by atoms with Crippen LogP contribution in [0.25, 0.3) is 11.3 Å². The fraction of sp³-hybridized carbons (Fsp3) is 0.227. The summed E-state index contributed by atoms with van der Waals surface area (Å²) < 4.78 is 15.3. The molecule has 1 aromatic carbocycles. The molecular formula is C22H23N5O2S. The van der Waals surface area contributed by atoms with Crippen molar-refractivity contribution in [2.75, 3.05) is 14.2 Å². The van der Waals surface area contributed by atoms with Crippen LogP contribution >= 0.6 is 11.3 Å². The minimum absolute atomic E-state index is 0.762. The molecule has 0 N–H and O–H groups in total. The molecule has 30 heavy (non-hydrogen) atoms. The third-order valence-corrected chi connectivity index (χ3v) is 5.57. The predicted octanol–water partition coefficient (Wildman–Crippen LogP) is 4.15. The molecule has 0 amide bonds. The topological polar surface area (TPSA) is 66.5 Å². The average molecular weight is 422 g/mol. The van der Waals surface area contributed by atoms with Crippen LogP contribution in [-0.2, 0) is 13.1 Å². The van der Waals surface area contributed by atoms with Gasteiger partial charge in [-0.05, 0) is 30.7 Å². The zero-order chi connectivity index (χ0) is 20.8. The predicted molar refractivity (Wildman–Crippen MR) is 117 cm³/mol. The van der Waals surface area contributed by atoms with E-state index >= 15 is 0 Å². The highest BCUT2D eigenvalue weighted by Crippen LogP contribution is 2.33. The maximum atomic E-state index is 5.65. The Labute approximate surface area is 178 Å².